The van der Waals surface area contributed by atoms with Crippen LogP contribution in [0.2, 0.25) is 0 Å². The molecule has 1 nitrogen and oxygen atoms in total. The van der Waals surface area contributed by atoms with Crippen molar-refractivity contribution in [3.05, 3.63) is 22.4 Å². The average molecular weight is 221 g/mol. The van der Waals surface area contributed by atoms with Crippen LogP contribution < -0.4 is 5.32 Å². The Hall–Kier alpha value is -0.340. The van der Waals surface area contributed by atoms with Crippen LogP contribution in [0.3, 0.4) is 0 Å². The number of hydrogen-bond acceptors (Lipinski definition) is 2. The van der Waals surface area contributed by atoms with Crippen LogP contribution in [-0.2, 0) is 6.54 Å². The second-order valence-corrected chi connectivity index (χ2v) is 6.08. The van der Waals surface area contributed by atoms with E-state index >= 15 is 0 Å². The molecule has 0 aromatic carbocycles. The molecule has 0 bridgehead atoms. The molecule has 0 aliphatic heterocycles. The van der Waals surface area contributed by atoms with E-state index in [1.54, 1.807) is 0 Å². The Morgan fingerprint density at radius 2 is 2.00 bits per heavy atom. The van der Waals surface area contributed by atoms with Crippen LogP contribution in [0.25, 0.3) is 0 Å². The van der Waals surface area contributed by atoms with Crippen molar-refractivity contribution in [3.8, 4) is 0 Å². The second-order valence-electron chi connectivity index (χ2n) is 5.05. The molecule has 0 radical (unpaired) electrons. The number of rotatable bonds is 6. The summed E-state index contributed by atoms with van der Waals surface area (Å²) in [5.41, 5.74) is 0. The zero-order valence-corrected chi connectivity index (χ0v) is 9.93. The van der Waals surface area contributed by atoms with Gasteiger partial charge < -0.3 is 5.32 Å². The Kier molecular flexibility index (Phi) is 2.80. The third-order valence-corrected chi connectivity index (χ3v) is 4.59. The lowest BCUT2D eigenvalue weighted by Crippen LogP contribution is -2.24. The monoisotopic (exact) mass is 221 g/mol. The van der Waals surface area contributed by atoms with E-state index < -0.39 is 0 Å². The summed E-state index contributed by atoms with van der Waals surface area (Å²) in [4.78, 5) is 1.47. The van der Waals surface area contributed by atoms with Gasteiger partial charge in [-0.05, 0) is 61.4 Å². The third-order valence-electron chi connectivity index (χ3n) is 3.71. The lowest BCUT2D eigenvalue weighted by atomic mass is 9.98. The lowest BCUT2D eigenvalue weighted by Gasteiger charge is -2.15. The predicted molar refractivity (Wildman–Crippen MR) is 65.0 cm³/mol. The summed E-state index contributed by atoms with van der Waals surface area (Å²) in [5, 5.41) is 5.80. The Bertz CT molecular complexity index is 286. The number of thiophene rings is 1. The minimum atomic E-state index is 1.00. The molecule has 2 heteroatoms. The first-order chi connectivity index (χ1) is 7.43. The summed E-state index contributed by atoms with van der Waals surface area (Å²) in [6.45, 7) is 2.33. The minimum Gasteiger partial charge on any atom is -0.312 e. The van der Waals surface area contributed by atoms with E-state index in [0.29, 0.717) is 0 Å². The van der Waals surface area contributed by atoms with Gasteiger partial charge in [0.15, 0.2) is 0 Å². The maximum atomic E-state index is 3.64. The highest BCUT2D eigenvalue weighted by atomic mass is 32.1. The first-order valence-electron chi connectivity index (χ1n) is 6.16. The normalized spacial score (nSPS) is 21.1. The quantitative estimate of drug-likeness (QED) is 0.777. The van der Waals surface area contributed by atoms with E-state index in [2.05, 4.69) is 22.8 Å². The van der Waals surface area contributed by atoms with Crippen molar-refractivity contribution in [1.29, 1.82) is 0 Å². The zero-order valence-electron chi connectivity index (χ0n) is 9.11. The van der Waals surface area contributed by atoms with Gasteiger partial charge in [-0.15, -0.1) is 11.3 Å². The molecule has 0 spiro atoms. The van der Waals surface area contributed by atoms with Crippen LogP contribution >= 0.6 is 11.3 Å². The van der Waals surface area contributed by atoms with Gasteiger partial charge in [0.05, 0.1) is 0 Å². The third kappa shape index (κ3) is 2.61. The Labute approximate surface area is 95.9 Å². The fourth-order valence-electron chi connectivity index (χ4n) is 2.54. The predicted octanol–water partition coefficient (Wildman–Crippen LogP) is 3.27. The smallest absolute Gasteiger partial charge is 0.0299 e. The first kappa shape index (κ1) is 9.86. The topological polar surface area (TPSA) is 12.0 Å². The van der Waals surface area contributed by atoms with E-state index in [1.165, 1.54) is 37.1 Å². The van der Waals surface area contributed by atoms with Crippen LogP contribution in [-0.4, -0.2) is 6.54 Å². The molecule has 1 aromatic heterocycles. The minimum absolute atomic E-state index is 1.00. The van der Waals surface area contributed by atoms with E-state index in [1.807, 2.05) is 11.3 Å². The van der Waals surface area contributed by atoms with Crippen LogP contribution in [0.15, 0.2) is 17.5 Å². The molecule has 0 amide bonds. The fourth-order valence-corrected chi connectivity index (χ4v) is 3.22. The van der Waals surface area contributed by atoms with Crippen LogP contribution in [0.4, 0.5) is 0 Å². The van der Waals surface area contributed by atoms with Crippen LogP contribution in [0.5, 0.6) is 0 Å². The molecule has 1 N–H and O–H groups in total. The first-order valence-corrected chi connectivity index (χ1v) is 7.04. The SMILES string of the molecule is c1csc(CNCC(C2CC2)C2CC2)c1. The van der Waals surface area contributed by atoms with Gasteiger partial charge in [-0.2, -0.15) is 0 Å². The van der Waals surface area contributed by atoms with Gasteiger partial charge in [0.25, 0.3) is 0 Å². The Morgan fingerprint density at radius 3 is 2.53 bits per heavy atom. The van der Waals surface area contributed by atoms with Gasteiger partial charge in [0, 0.05) is 11.4 Å². The molecule has 3 rings (SSSR count). The molecule has 2 saturated carbocycles. The molecule has 1 aromatic rings. The summed E-state index contributed by atoms with van der Waals surface area (Å²) in [5.74, 6) is 3.16. The highest BCUT2D eigenvalue weighted by molar-refractivity contribution is 7.09. The van der Waals surface area contributed by atoms with Gasteiger partial charge in [0.2, 0.25) is 0 Å². The van der Waals surface area contributed by atoms with Gasteiger partial charge in [-0.3, -0.25) is 0 Å². The van der Waals surface area contributed by atoms with Crippen LogP contribution in [0.1, 0.15) is 30.6 Å². The molecule has 15 heavy (non-hydrogen) atoms. The van der Waals surface area contributed by atoms with Gasteiger partial charge in [-0.25, -0.2) is 0 Å². The molecule has 0 atom stereocenters. The number of hydrogen-bond donors (Lipinski definition) is 1. The van der Waals surface area contributed by atoms with Crippen molar-refractivity contribution in [3.63, 3.8) is 0 Å². The van der Waals surface area contributed by atoms with E-state index in [4.69, 9.17) is 0 Å². The fraction of sp³-hybridized carbons (Fsp3) is 0.692. The second kappa shape index (κ2) is 4.26. The maximum Gasteiger partial charge on any atom is 0.0299 e. The van der Waals surface area contributed by atoms with Crippen molar-refractivity contribution in [2.24, 2.45) is 17.8 Å². The summed E-state index contributed by atoms with van der Waals surface area (Å²) in [6, 6.07) is 4.36. The molecule has 0 unspecified atom stereocenters. The van der Waals surface area contributed by atoms with Crippen molar-refractivity contribution < 1.29 is 0 Å². The maximum absolute atomic E-state index is 3.64. The van der Waals surface area contributed by atoms with E-state index in [0.717, 1.165) is 24.3 Å². The van der Waals surface area contributed by atoms with Gasteiger partial charge in [-0.1, -0.05) is 6.07 Å². The lowest BCUT2D eigenvalue weighted by molar-refractivity contribution is 0.379. The molecule has 82 valence electrons. The molecule has 0 saturated heterocycles. The highest BCUT2D eigenvalue weighted by Crippen LogP contribution is 2.48. The van der Waals surface area contributed by atoms with Gasteiger partial charge in [0.1, 0.15) is 0 Å². The highest BCUT2D eigenvalue weighted by Gasteiger charge is 2.40. The Balaban J connectivity index is 1.44. The largest absolute Gasteiger partial charge is 0.312 e. The van der Waals surface area contributed by atoms with Crippen LogP contribution in [0, 0.1) is 17.8 Å². The molecular weight excluding hydrogens is 202 g/mol. The molecule has 2 aliphatic carbocycles. The summed E-state index contributed by atoms with van der Waals surface area (Å²) < 4.78 is 0. The Morgan fingerprint density at radius 1 is 1.27 bits per heavy atom. The number of nitrogens with one attached hydrogen (secondary N) is 1. The standard InChI is InChI=1S/C13H19NS/c1-2-12(15-7-1)8-14-9-13(10-3-4-10)11-5-6-11/h1-2,7,10-11,13-14H,3-6,8-9H2. The van der Waals surface area contributed by atoms with E-state index in [-0.39, 0.29) is 0 Å². The van der Waals surface area contributed by atoms with Crippen molar-refractivity contribution in [1.82, 2.24) is 5.32 Å². The summed E-state index contributed by atoms with van der Waals surface area (Å²) >= 11 is 1.86. The molecule has 2 aliphatic rings. The molecule has 2 fully saturated rings. The van der Waals surface area contributed by atoms with E-state index in [9.17, 15) is 0 Å². The zero-order chi connectivity index (χ0) is 10.1. The van der Waals surface area contributed by atoms with Crippen molar-refractivity contribution in [2.75, 3.05) is 6.54 Å². The van der Waals surface area contributed by atoms with Crippen molar-refractivity contribution >= 4 is 11.3 Å². The molecule has 1 heterocycles. The van der Waals surface area contributed by atoms with Gasteiger partial charge >= 0.3 is 0 Å². The summed E-state index contributed by atoms with van der Waals surface area (Å²) in [7, 11) is 0. The summed E-state index contributed by atoms with van der Waals surface area (Å²) in [6.07, 6.45) is 6.01. The molecular formula is C13H19NS. The van der Waals surface area contributed by atoms with Crippen molar-refractivity contribution in [2.45, 2.75) is 32.2 Å². The average Bonchev–Trinajstić information content (AvgIpc) is 3.15.